The van der Waals surface area contributed by atoms with Crippen LogP contribution in [0, 0.1) is 0 Å². The summed E-state index contributed by atoms with van der Waals surface area (Å²) in [5, 5.41) is -0.209. The molecule has 1 aliphatic rings. The lowest BCUT2D eigenvalue weighted by molar-refractivity contribution is 0.600. The highest BCUT2D eigenvalue weighted by molar-refractivity contribution is 7.93. The number of aryl methyl sites for hydroxylation is 1. The predicted octanol–water partition coefficient (Wildman–Crippen LogP) is 1.74. The molecule has 1 aromatic carbocycles. The summed E-state index contributed by atoms with van der Waals surface area (Å²) in [5.41, 5.74) is 8.04. The molecular formula is C11H16N2O2S. The van der Waals surface area contributed by atoms with Gasteiger partial charge >= 0.3 is 0 Å². The van der Waals surface area contributed by atoms with E-state index in [2.05, 4.69) is 4.72 Å². The Labute approximate surface area is 95.9 Å². The third-order valence-electron chi connectivity index (χ3n) is 2.75. The average molecular weight is 240 g/mol. The summed E-state index contributed by atoms with van der Waals surface area (Å²) in [7, 11) is -3.18. The van der Waals surface area contributed by atoms with Gasteiger partial charge in [0.2, 0.25) is 10.0 Å². The van der Waals surface area contributed by atoms with Crippen molar-refractivity contribution in [3.8, 4) is 0 Å². The normalized spacial score (nSPS) is 16.1. The van der Waals surface area contributed by atoms with E-state index in [1.165, 1.54) is 0 Å². The highest BCUT2D eigenvalue weighted by Crippen LogP contribution is 2.30. The van der Waals surface area contributed by atoms with E-state index < -0.39 is 10.0 Å². The number of nitrogen functional groups attached to an aromatic ring is 1. The zero-order chi connectivity index (χ0) is 11.8. The van der Waals surface area contributed by atoms with Crippen LogP contribution >= 0.6 is 0 Å². The van der Waals surface area contributed by atoms with Gasteiger partial charge in [0.1, 0.15) is 0 Å². The van der Waals surface area contributed by atoms with Crippen molar-refractivity contribution in [2.45, 2.75) is 31.4 Å². The second-order valence-corrected chi connectivity index (χ2v) is 6.07. The summed E-state index contributed by atoms with van der Waals surface area (Å²) < 4.78 is 25.9. The summed E-state index contributed by atoms with van der Waals surface area (Å²) in [6.45, 7) is 2.01. The van der Waals surface area contributed by atoms with Gasteiger partial charge in [-0.1, -0.05) is 13.0 Å². The van der Waals surface area contributed by atoms with Gasteiger partial charge in [-0.3, -0.25) is 4.72 Å². The number of benzene rings is 1. The minimum atomic E-state index is -3.18. The van der Waals surface area contributed by atoms with Crippen molar-refractivity contribution < 1.29 is 8.42 Å². The van der Waals surface area contributed by atoms with Crippen molar-refractivity contribution in [1.29, 1.82) is 0 Å². The van der Waals surface area contributed by atoms with Gasteiger partial charge in [-0.05, 0) is 37.0 Å². The predicted molar refractivity (Wildman–Crippen MR) is 65.8 cm³/mol. The van der Waals surface area contributed by atoms with Crippen molar-refractivity contribution in [3.63, 3.8) is 0 Å². The standard InChI is InChI=1S/C11H16N2O2S/c1-2-8-3-4-9(7-11(8)12)13-16(14,15)10-5-6-10/h3-4,7,10,13H,2,5-6,12H2,1H3. The monoisotopic (exact) mass is 240 g/mol. The zero-order valence-corrected chi connectivity index (χ0v) is 10.0. The average Bonchev–Trinajstić information content (AvgIpc) is 3.00. The van der Waals surface area contributed by atoms with Gasteiger partial charge in [-0.25, -0.2) is 8.42 Å². The molecule has 1 aromatic rings. The van der Waals surface area contributed by atoms with Crippen LogP contribution in [0.5, 0.6) is 0 Å². The Morgan fingerprint density at radius 2 is 2.12 bits per heavy atom. The van der Waals surface area contributed by atoms with E-state index in [1.54, 1.807) is 12.1 Å². The molecule has 16 heavy (non-hydrogen) atoms. The number of rotatable bonds is 4. The first-order valence-corrected chi connectivity index (χ1v) is 6.97. The third kappa shape index (κ3) is 2.29. The van der Waals surface area contributed by atoms with Crippen LogP contribution in [0.15, 0.2) is 18.2 Å². The van der Waals surface area contributed by atoms with Gasteiger partial charge in [-0.2, -0.15) is 0 Å². The topological polar surface area (TPSA) is 72.2 Å². The molecule has 0 aliphatic heterocycles. The molecule has 0 unspecified atom stereocenters. The van der Waals surface area contributed by atoms with Crippen LogP contribution in [0.3, 0.4) is 0 Å². The van der Waals surface area contributed by atoms with E-state index in [-0.39, 0.29) is 5.25 Å². The van der Waals surface area contributed by atoms with Gasteiger partial charge in [0, 0.05) is 5.69 Å². The second-order valence-electron chi connectivity index (χ2n) is 4.11. The maximum Gasteiger partial charge on any atom is 0.235 e. The van der Waals surface area contributed by atoms with Crippen molar-refractivity contribution in [2.75, 3.05) is 10.5 Å². The lowest BCUT2D eigenvalue weighted by atomic mass is 10.1. The number of hydrogen-bond donors (Lipinski definition) is 2. The fraction of sp³-hybridized carbons (Fsp3) is 0.455. The Morgan fingerprint density at radius 3 is 2.62 bits per heavy atom. The summed E-state index contributed by atoms with van der Waals surface area (Å²) in [5.74, 6) is 0. The Morgan fingerprint density at radius 1 is 1.44 bits per heavy atom. The Kier molecular flexibility index (Phi) is 2.80. The van der Waals surface area contributed by atoms with Crippen molar-refractivity contribution in [1.82, 2.24) is 0 Å². The summed E-state index contributed by atoms with van der Waals surface area (Å²) in [4.78, 5) is 0. The maximum absolute atomic E-state index is 11.7. The van der Waals surface area contributed by atoms with Crippen molar-refractivity contribution >= 4 is 21.4 Å². The van der Waals surface area contributed by atoms with E-state index in [0.717, 1.165) is 24.8 Å². The van der Waals surface area contributed by atoms with Crippen LogP contribution in [0.4, 0.5) is 11.4 Å². The molecule has 0 radical (unpaired) electrons. The van der Waals surface area contributed by atoms with E-state index in [9.17, 15) is 8.42 Å². The molecule has 1 aliphatic carbocycles. The fourth-order valence-electron chi connectivity index (χ4n) is 1.61. The minimum absolute atomic E-state index is 0.209. The zero-order valence-electron chi connectivity index (χ0n) is 9.23. The number of anilines is 2. The number of sulfonamides is 1. The molecule has 1 saturated carbocycles. The molecule has 88 valence electrons. The van der Waals surface area contributed by atoms with Gasteiger partial charge in [0.25, 0.3) is 0 Å². The number of nitrogens with two attached hydrogens (primary N) is 1. The third-order valence-corrected chi connectivity index (χ3v) is 4.62. The molecule has 3 N–H and O–H groups in total. The van der Waals surface area contributed by atoms with Gasteiger partial charge < -0.3 is 5.73 Å². The van der Waals surface area contributed by atoms with E-state index >= 15 is 0 Å². The van der Waals surface area contributed by atoms with Crippen LogP contribution in [-0.4, -0.2) is 13.7 Å². The Balaban J connectivity index is 2.19. The molecule has 0 heterocycles. The van der Waals surface area contributed by atoms with Crippen LogP contribution < -0.4 is 10.5 Å². The molecule has 0 amide bonds. The molecule has 4 nitrogen and oxygen atoms in total. The molecule has 1 fully saturated rings. The largest absolute Gasteiger partial charge is 0.398 e. The van der Waals surface area contributed by atoms with Crippen molar-refractivity contribution in [3.05, 3.63) is 23.8 Å². The van der Waals surface area contributed by atoms with Crippen LogP contribution in [-0.2, 0) is 16.4 Å². The first-order chi connectivity index (χ1) is 7.53. The Hall–Kier alpha value is -1.23. The molecule has 0 spiro atoms. The summed E-state index contributed by atoms with van der Waals surface area (Å²) in [6.07, 6.45) is 2.37. The SMILES string of the molecule is CCc1ccc(NS(=O)(=O)C2CC2)cc1N. The molecule has 0 bridgehead atoms. The fourth-order valence-corrected chi connectivity index (χ4v) is 2.99. The van der Waals surface area contributed by atoms with Crippen molar-refractivity contribution in [2.24, 2.45) is 0 Å². The number of hydrogen-bond acceptors (Lipinski definition) is 3. The Bertz CT molecular complexity index is 493. The molecule has 2 rings (SSSR count). The molecule has 0 saturated heterocycles. The lowest BCUT2D eigenvalue weighted by Crippen LogP contribution is -2.17. The quantitative estimate of drug-likeness (QED) is 0.787. The van der Waals surface area contributed by atoms with Gasteiger partial charge in [0.15, 0.2) is 0 Å². The van der Waals surface area contributed by atoms with Crippen LogP contribution in [0.2, 0.25) is 0 Å². The van der Waals surface area contributed by atoms with Crippen LogP contribution in [0.1, 0.15) is 25.3 Å². The first kappa shape index (κ1) is 11.3. The number of nitrogens with one attached hydrogen (secondary N) is 1. The highest BCUT2D eigenvalue weighted by atomic mass is 32.2. The maximum atomic E-state index is 11.7. The minimum Gasteiger partial charge on any atom is -0.398 e. The second kappa shape index (κ2) is 3.97. The lowest BCUT2D eigenvalue weighted by Gasteiger charge is -2.09. The molecule has 5 heteroatoms. The van der Waals surface area contributed by atoms with E-state index in [1.807, 2.05) is 13.0 Å². The molecule has 0 atom stereocenters. The molecular weight excluding hydrogens is 224 g/mol. The smallest absolute Gasteiger partial charge is 0.235 e. The summed E-state index contributed by atoms with van der Waals surface area (Å²) >= 11 is 0. The first-order valence-electron chi connectivity index (χ1n) is 5.43. The van der Waals surface area contributed by atoms with Gasteiger partial charge in [0.05, 0.1) is 10.9 Å². The summed E-state index contributed by atoms with van der Waals surface area (Å²) in [6, 6.07) is 5.30. The highest BCUT2D eigenvalue weighted by Gasteiger charge is 2.35. The van der Waals surface area contributed by atoms with E-state index in [4.69, 9.17) is 5.73 Å². The van der Waals surface area contributed by atoms with Gasteiger partial charge in [-0.15, -0.1) is 0 Å². The molecule has 0 aromatic heterocycles. The van der Waals surface area contributed by atoms with Crippen LogP contribution in [0.25, 0.3) is 0 Å². The van der Waals surface area contributed by atoms with E-state index in [0.29, 0.717) is 11.4 Å².